The zero-order valence-electron chi connectivity index (χ0n) is 10.2. The van der Waals surface area contributed by atoms with E-state index >= 15 is 0 Å². The summed E-state index contributed by atoms with van der Waals surface area (Å²) < 4.78 is 0. The zero-order chi connectivity index (χ0) is 11.0. The molecule has 0 saturated carbocycles. The summed E-state index contributed by atoms with van der Waals surface area (Å²) in [7, 11) is -1.20. The highest BCUT2D eigenvalue weighted by atomic mass is 28.3. The molecular weight excluding hydrogens is 184 g/mol. The van der Waals surface area contributed by atoms with Gasteiger partial charge in [0.15, 0.2) is 0 Å². The fourth-order valence-corrected chi connectivity index (χ4v) is 2.47. The van der Waals surface area contributed by atoms with Crippen molar-refractivity contribution < 1.29 is 0 Å². The molecule has 0 heterocycles. The Kier molecular flexibility index (Phi) is 2.91. The first kappa shape index (κ1) is 11.5. The Bertz CT molecular complexity index is 283. The lowest BCUT2D eigenvalue weighted by molar-refractivity contribution is 0.590. The van der Waals surface area contributed by atoms with E-state index in [1.165, 1.54) is 10.8 Å². The van der Waals surface area contributed by atoms with Gasteiger partial charge in [0.2, 0.25) is 0 Å². The Morgan fingerprint density at radius 3 is 2.14 bits per heavy atom. The monoisotopic (exact) mass is 205 g/mol. The predicted octanol–water partition coefficient (Wildman–Crippen LogP) is 3.33. The van der Waals surface area contributed by atoms with Crippen molar-refractivity contribution in [1.29, 1.82) is 0 Å². The molecule has 1 heteroatoms. The van der Waals surface area contributed by atoms with Crippen LogP contribution in [-0.4, -0.2) is 8.07 Å². The molecule has 0 amide bonds. The zero-order valence-corrected chi connectivity index (χ0v) is 11.2. The fourth-order valence-electron chi connectivity index (χ4n) is 1.37. The van der Waals surface area contributed by atoms with Crippen LogP contribution in [0.25, 0.3) is 0 Å². The second-order valence-electron chi connectivity index (χ2n) is 5.99. The van der Waals surface area contributed by atoms with Crippen molar-refractivity contribution in [2.75, 3.05) is 0 Å². The molecule has 0 aromatic heterocycles. The third-order valence-electron chi connectivity index (χ3n) is 2.48. The van der Waals surface area contributed by atoms with Gasteiger partial charge in [-0.15, -0.1) is 0 Å². The first-order chi connectivity index (χ1) is 6.21. The van der Waals surface area contributed by atoms with Gasteiger partial charge in [0.25, 0.3) is 0 Å². The van der Waals surface area contributed by atoms with Crippen LogP contribution in [0.4, 0.5) is 0 Å². The first-order valence-electron chi connectivity index (χ1n) is 5.24. The minimum Gasteiger partial charge on any atom is -0.0656 e. The van der Waals surface area contributed by atoms with Crippen LogP contribution >= 0.6 is 0 Å². The standard InChI is InChI=1S/C13H21Si/c1-13(2,3)11-8-7-9-12(10-11)14(4,5)6/h7-8,10H,1-6H3. The van der Waals surface area contributed by atoms with Gasteiger partial charge in [0.05, 0.1) is 8.07 Å². The molecule has 0 aliphatic rings. The fraction of sp³-hybridized carbons (Fsp3) is 0.538. The number of hydrogen-bond donors (Lipinski definition) is 0. The van der Waals surface area contributed by atoms with Crippen LogP contribution in [-0.2, 0) is 5.41 Å². The summed E-state index contributed by atoms with van der Waals surface area (Å²) in [6.07, 6.45) is 0. The van der Waals surface area contributed by atoms with Crippen LogP contribution in [0.5, 0.6) is 0 Å². The van der Waals surface area contributed by atoms with Gasteiger partial charge in [-0.2, -0.15) is 0 Å². The van der Waals surface area contributed by atoms with Crippen molar-refractivity contribution in [2.45, 2.75) is 45.8 Å². The summed E-state index contributed by atoms with van der Waals surface area (Å²) >= 11 is 0. The van der Waals surface area contributed by atoms with Gasteiger partial charge in [-0.05, 0) is 17.0 Å². The number of rotatable bonds is 1. The van der Waals surface area contributed by atoms with E-state index in [0.717, 1.165) is 0 Å². The summed E-state index contributed by atoms with van der Waals surface area (Å²) in [5.74, 6) is 0. The summed E-state index contributed by atoms with van der Waals surface area (Å²) in [4.78, 5) is 0. The predicted molar refractivity (Wildman–Crippen MR) is 67.0 cm³/mol. The third-order valence-corrected chi connectivity index (χ3v) is 4.38. The lowest BCUT2D eigenvalue weighted by atomic mass is 9.87. The van der Waals surface area contributed by atoms with Gasteiger partial charge in [0.1, 0.15) is 0 Å². The molecule has 1 rings (SSSR count). The Morgan fingerprint density at radius 1 is 1.14 bits per heavy atom. The highest BCUT2D eigenvalue weighted by molar-refractivity contribution is 6.88. The van der Waals surface area contributed by atoms with Gasteiger partial charge >= 0.3 is 0 Å². The summed E-state index contributed by atoms with van der Waals surface area (Å²) in [6, 6.07) is 9.98. The maximum Gasteiger partial charge on any atom is 0.0784 e. The van der Waals surface area contributed by atoms with Crippen molar-refractivity contribution >= 4 is 13.3 Å². The number of benzene rings is 1. The van der Waals surface area contributed by atoms with Crippen molar-refractivity contribution in [3.63, 3.8) is 0 Å². The lowest BCUT2D eigenvalue weighted by Gasteiger charge is -2.23. The van der Waals surface area contributed by atoms with Gasteiger partial charge in [-0.25, -0.2) is 0 Å². The van der Waals surface area contributed by atoms with E-state index in [2.05, 4.69) is 64.7 Å². The van der Waals surface area contributed by atoms with E-state index in [9.17, 15) is 0 Å². The van der Waals surface area contributed by atoms with Crippen molar-refractivity contribution in [3.05, 3.63) is 29.8 Å². The highest BCUT2D eigenvalue weighted by Gasteiger charge is 2.19. The van der Waals surface area contributed by atoms with Crippen LogP contribution in [0.3, 0.4) is 0 Å². The van der Waals surface area contributed by atoms with E-state index in [0.29, 0.717) is 0 Å². The molecule has 0 nitrogen and oxygen atoms in total. The van der Waals surface area contributed by atoms with E-state index < -0.39 is 8.07 Å². The summed E-state index contributed by atoms with van der Waals surface area (Å²) in [6.45, 7) is 13.9. The molecule has 0 N–H and O–H groups in total. The van der Waals surface area contributed by atoms with Gasteiger partial charge in [-0.3, -0.25) is 0 Å². The molecule has 0 spiro atoms. The molecule has 0 bridgehead atoms. The highest BCUT2D eigenvalue weighted by Crippen LogP contribution is 2.21. The van der Waals surface area contributed by atoms with E-state index in [-0.39, 0.29) is 5.41 Å². The van der Waals surface area contributed by atoms with Crippen LogP contribution in [0.15, 0.2) is 18.2 Å². The van der Waals surface area contributed by atoms with E-state index in [4.69, 9.17) is 0 Å². The smallest absolute Gasteiger partial charge is 0.0656 e. The van der Waals surface area contributed by atoms with Crippen LogP contribution in [0, 0.1) is 6.07 Å². The van der Waals surface area contributed by atoms with Crippen LogP contribution in [0.2, 0.25) is 19.6 Å². The molecule has 0 atom stereocenters. The van der Waals surface area contributed by atoms with Gasteiger partial charge < -0.3 is 0 Å². The molecule has 0 aliphatic carbocycles. The minimum absolute atomic E-state index is 0.253. The van der Waals surface area contributed by atoms with E-state index in [1.54, 1.807) is 0 Å². The second-order valence-corrected chi connectivity index (χ2v) is 11.0. The average Bonchev–Trinajstić information content (AvgIpc) is 2.01. The summed E-state index contributed by atoms with van der Waals surface area (Å²) in [5.41, 5.74) is 1.68. The van der Waals surface area contributed by atoms with Gasteiger partial charge in [0, 0.05) is 0 Å². The Labute approximate surface area is 89.4 Å². The Morgan fingerprint density at radius 2 is 1.71 bits per heavy atom. The lowest BCUT2D eigenvalue weighted by Crippen LogP contribution is -2.38. The normalized spacial score (nSPS) is 13.0. The van der Waals surface area contributed by atoms with Crippen LogP contribution in [0.1, 0.15) is 26.3 Å². The minimum atomic E-state index is -1.20. The molecule has 1 radical (unpaired) electrons. The quantitative estimate of drug-likeness (QED) is 0.617. The molecule has 0 aliphatic heterocycles. The molecular formula is C13H21Si. The first-order valence-corrected chi connectivity index (χ1v) is 8.74. The second kappa shape index (κ2) is 3.54. The van der Waals surface area contributed by atoms with Crippen LogP contribution < -0.4 is 5.19 Å². The maximum atomic E-state index is 3.38. The van der Waals surface area contributed by atoms with E-state index in [1.807, 2.05) is 0 Å². The average molecular weight is 205 g/mol. The molecule has 14 heavy (non-hydrogen) atoms. The summed E-state index contributed by atoms with van der Waals surface area (Å²) in [5, 5.41) is 1.44. The largest absolute Gasteiger partial charge is 0.0784 e. The van der Waals surface area contributed by atoms with Crippen molar-refractivity contribution in [1.82, 2.24) is 0 Å². The van der Waals surface area contributed by atoms with Gasteiger partial charge in [-0.1, -0.05) is 63.8 Å². The maximum absolute atomic E-state index is 3.38. The van der Waals surface area contributed by atoms with Crippen molar-refractivity contribution in [2.24, 2.45) is 0 Å². The Balaban J connectivity index is 3.15. The molecule has 1 aromatic carbocycles. The molecule has 0 saturated heterocycles. The molecule has 77 valence electrons. The third kappa shape index (κ3) is 2.71. The number of hydrogen-bond acceptors (Lipinski definition) is 0. The molecule has 1 aromatic rings. The topological polar surface area (TPSA) is 0 Å². The SMILES string of the molecule is CC(C)(C)c1cc[c]c([Si](C)(C)C)c1. The van der Waals surface area contributed by atoms with Crippen molar-refractivity contribution in [3.8, 4) is 0 Å². The molecule has 0 fully saturated rings. The Hall–Kier alpha value is -0.563. The molecule has 0 unspecified atom stereocenters.